The van der Waals surface area contributed by atoms with Crippen molar-refractivity contribution in [2.45, 2.75) is 64.4 Å². The van der Waals surface area contributed by atoms with E-state index in [9.17, 15) is 14.7 Å². The Hall–Kier alpha value is -3.96. The summed E-state index contributed by atoms with van der Waals surface area (Å²) in [6, 6.07) is 19.2. The second-order valence-electron chi connectivity index (χ2n) is 11.2. The van der Waals surface area contributed by atoms with E-state index in [1.54, 1.807) is 20.3 Å². The first-order valence-electron chi connectivity index (χ1n) is 14.8. The maximum absolute atomic E-state index is 12.6. The molecule has 234 valence electrons. The van der Waals surface area contributed by atoms with Crippen LogP contribution in [-0.4, -0.2) is 61.4 Å². The molecule has 0 radical (unpaired) electrons. The molecule has 3 aromatic rings. The zero-order chi connectivity index (χ0) is 31.2. The van der Waals surface area contributed by atoms with Gasteiger partial charge in [-0.25, -0.2) is 0 Å². The number of nitrogens with one attached hydrogen (secondary N) is 1. The Morgan fingerprint density at radius 3 is 2.41 bits per heavy atom. The summed E-state index contributed by atoms with van der Waals surface area (Å²) in [6.07, 6.45) is -0.441. The molecule has 44 heavy (non-hydrogen) atoms. The van der Waals surface area contributed by atoms with E-state index < -0.39 is 24.3 Å². The quantitative estimate of drug-likeness (QED) is 0.318. The summed E-state index contributed by atoms with van der Waals surface area (Å²) in [4.78, 5) is 26.2. The molecule has 0 spiro atoms. The fraction of sp³-hybridized carbons (Fsp3) is 0.412. The first-order chi connectivity index (χ1) is 21.3. The van der Waals surface area contributed by atoms with Crippen LogP contribution in [-0.2, 0) is 43.4 Å². The molecule has 10 heteroatoms. The van der Waals surface area contributed by atoms with E-state index in [2.05, 4.69) is 22.3 Å². The number of aliphatic hydroxyl groups excluding tert-OH is 1. The summed E-state index contributed by atoms with van der Waals surface area (Å²) < 4.78 is 29.1. The molecule has 0 saturated carbocycles. The topological polar surface area (TPSA) is 116 Å². The molecule has 1 amide bonds. The molecule has 5 rings (SSSR count). The van der Waals surface area contributed by atoms with Gasteiger partial charge >= 0.3 is 5.97 Å². The fourth-order valence-electron chi connectivity index (χ4n) is 5.73. The first-order valence-corrected chi connectivity index (χ1v) is 14.8. The minimum absolute atomic E-state index is 0.0259. The minimum Gasteiger partial charge on any atom is -0.493 e. The zero-order valence-corrected chi connectivity index (χ0v) is 25.6. The molecule has 1 saturated heterocycles. The molecule has 0 unspecified atom stereocenters. The predicted molar refractivity (Wildman–Crippen MR) is 163 cm³/mol. The van der Waals surface area contributed by atoms with Crippen LogP contribution in [0.2, 0.25) is 0 Å². The molecule has 2 N–H and O–H groups in total. The highest BCUT2D eigenvalue weighted by molar-refractivity contribution is 5.95. The van der Waals surface area contributed by atoms with Crippen LogP contribution >= 0.6 is 0 Å². The third kappa shape index (κ3) is 7.57. The van der Waals surface area contributed by atoms with Gasteiger partial charge in [-0.2, -0.15) is 0 Å². The van der Waals surface area contributed by atoms with Gasteiger partial charge in [0.2, 0.25) is 0 Å². The molecular weight excluding hydrogens is 564 g/mol. The standard InChI is InChI=1S/C34H40N2O8/c1-21(42-22(2)38)33(39)35-28-7-5-6-26(14-28)34-43-29(17-30(44-34)24-10-8-23(20-37)9-11-24)19-36-13-12-25-15-31(40-3)32(41-4)16-27(25)18-36/h5-11,14-16,21,29-30,34,37H,12-13,17-20H2,1-4H3,(H,35,39)/t21-,29-,30+,34+/m0/s1. The number of rotatable bonds is 10. The molecule has 2 heterocycles. The monoisotopic (exact) mass is 604 g/mol. The summed E-state index contributed by atoms with van der Waals surface area (Å²) in [6.45, 7) is 5.11. The Morgan fingerprint density at radius 2 is 1.73 bits per heavy atom. The van der Waals surface area contributed by atoms with Gasteiger partial charge in [-0.05, 0) is 59.9 Å². The number of carbonyl (C=O) groups is 2. The average molecular weight is 605 g/mol. The van der Waals surface area contributed by atoms with E-state index in [1.165, 1.54) is 25.0 Å². The van der Waals surface area contributed by atoms with Crippen molar-refractivity contribution >= 4 is 17.6 Å². The van der Waals surface area contributed by atoms with Crippen LogP contribution in [0.3, 0.4) is 0 Å². The van der Waals surface area contributed by atoms with Crippen LogP contribution in [0.1, 0.15) is 60.5 Å². The number of esters is 1. The molecule has 0 aliphatic carbocycles. The summed E-state index contributed by atoms with van der Waals surface area (Å²) in [5.74, 6) is 0.508. The van der Waals surface area contributed by atoms with Gasteiger partial charge in [0.25, 0.3) is 5.91 Å². The second-order valence-corrected chi connectivity index (χ2v) is 11.2. The predicted octanol–water partition coefficient (Wildman–Crippen LogP) is 4.69. The van der Waals surface area contributed by atoms with E-state index >= 15 is 0 Å². The molecule has 0 bridgehead atoms. The lowest BCUT2D eigenvalue weighted by Crippen LogP contribution is -2.41. The van der Waals surface area contributed by atoms with Crippen molar-refractivity contribution < 1.29 is 38.4 Å². The van der Waals surface area contributed by atoms with Crippen LogP contribution in [0.4, 0.5) is 5.69 Å². The van der Waals surface area contributed by atoms with E-state index in [0.29, 0.717) is 18.7 Å². The highest BCUT2D eigenvalue weighted by Crippen LogP contribution is 2.39. The highest BCUT2D eigenvalue weighted by atomic mass is 16.7. The summed E-state index contributed by atoms with van der Waals surface area (Å²) in [5.41, 5.74) is 5.60. The summed E-state index contributed by atoms with van der Waals surface area (Å²) in [5, 5.41) is 12.3. The van der Waals surface area contributed by atoms with Crippen LogP contribution in [0.5, 0.6) is 11.5 Å². The van der Waals surface area contributed by atoms with Crippen molar-refractivity contribution in [3.63, 3.8) is 0 Å². The SMILES string of the molecule is COc1cc2c(cc1OC)CN(C[C@@H]1C[C@H](c3ccc(CO)cc3)O[C@H](c3cccc(NC(=O)[C@H](C)OC(C)=O)c3)O1)CC2. The van der Waals surface area contributed by atoms with Crippen molar-refractivity contribution in [3.05, 3.63) is 88.5 Å². The van der Waals surface area contributed by atoms with Gasteiger partial charge in [0.15, 0.2) is 23.9 Å². The molecule has 2 aliphatic rings. The number of fused-ring (bicyclic) bond motifs is 1. The number of amides is 1. The number of hydrogen-bond acceptors (Lipinski definition) is 9. The smallest absolute Gasteiger partial charge is 0.303 e. The van der Waals surface area contributed by atoms with Gasteiger partial charge in [0.05, 0.1) is 33.0 Å². The number of methoxy groups -OCH3 is 2. The van der Waals surface area contributed by atoms with Crippen molar-refractivity contribution in [1.29, 1.82) is 0 Å². The van der Waals surface area contributed by atoms with Gasteiger partial charge in [0.1, 0.15) is 0 Å². The van der Waals surface area contributed by atoms with E-state index in [4.69, 9.17) is 23.7 Å². The normalized spacial score (nSPS) is 20.7. The number of ether oxygens (including phenoxy) is 5. The van der Waals surface area contributed by atoms with Crippen molar-refractivity contribution in [2.75, 3.05) is 32.6 Å². The number of carbonyl (C=O) groups excluding carboxylic acids is 2. The van der Waals surface area contributed by atoms with Crippen LogP contribution in [0, 0.1) is 0 Å². The molecule has 0 aromatic heterocycles. The van der Waals surface area contributed by atoms with Crippen molar-refractivity contribution in [3.8, 4) is 11.5 Å². The molecular formula is C34H40N2O8. The Bertz CT molecular complexity index is 1460. The Balaban J connectivity index is 1.35. The van der Waals surface area contributed by atoms with Gasteiger partial charge in [-0.3, -0.25) is 14.5 Å². The fourth-order valence-corrected chi connectivity index (χ4v) is 5.73. The summed E-state index contributed by atoms with van der Waals surface area (Å²) in [7, 11) is 3.30. The molecule has 3 aromatic carbocycles. The zero-order valence-electron chi connectivity index (χ0n) is 25.6. The van der Waals surface area contributed by atoms with Crippen molar-refractivity contribution in [1.82, 2.24) is 4.90 Å². The van der Waals surface area contributed by atoms with Gasteiger partial charge in [0, 0.05) is 44.2 Å². The Morgan fingerprint density at radius 1 is 1.00 bits per heavy atom. The number of hydrogen-bond donors (Lipinski definition) is 2. The van der Waals surface area contributed by atoms with E-state index in [0.717, 1.165) is 47.7 Å². The Labute approximate surface area is 257 Å². The van der Waals surface area contributed by atoms with E-state index in [1.807, 2.05) is 42.5 Å². The average Bonchev–Trinajstić information content (AvgIpc) is 3.03. The molecule has 2 aliphatic heterocycles. The van der Waals surface area contributed by atoms with Crippen LogP contribution < -0.4 is 14.8 Å². The molecule has 10 nitrogen and oxygen atoms in total. The number of aliphatic hydroxyl groups is 1. The lowest BCUT2D eigenvalue weighted by Gasteiger charge is -2.39. The number of benzene rings is 3. The third-order valence-electron chi connectivity index (χ3n) is 8.01. The third-order valence-corrected chi connectivity index (χ3v) is 8.01. The van der Waals surface area contributed by atoms with Crippen LogP contribution in [0.15, 0.2) is 60.7 Å². The second kappa shape index (κ2) is 14.2. The lowest BCUT2D eigenvalue weighted by atomic mass is 9.97. The largest absolute Gasteiger partial charge is 0.493 e. The van der Waals surface area contributed by atoms with Crippen LogP contribution in [0.25, 0.3) is 0 Å². The minimum atomic E-state index is -0.926. The molecule has 1 fully saturated rings. The number of nitrogens with zero attached hydrogens (tertiary/aromatic N) is 1. The number of anilines is 1. The maximum atomic E-state index is 12.6. The molecule has 4 atom stereocenters. The lowest BCUT2D eigenvalue weighted by molar-refractivity contribution is -0.253. The van der Waals surface area contributed by atoms with Gasteiger partial charge in [-0.1, -0.05) is 36.4 Å². The first kappa shape index (κ1) is 31.5. The van der Waals surface area contributed by atoms with Gasteiger partial charge < -0.3 is 34.1 Å². The Kier molecular flexibility index (Phi) is 10.2. The highest BCUT2D eigenvalue weighted by Gasteiger charge is 2.34. The van der Waals surface area contributed by atoms with Gasteiger partial charge in [-0.15, -0.1) is 0 Å². The van der Waals surface area contributed by atoms with E-state index in [-0.39, 0.29) is 18.8 Å². The maximum Gasteiger partial charge on any atom is 0.303 e. The van der Waals surface area contributed by atoms with Crippen molar-refractivity contribution in [2.24, 2.45) is 0 Å². The summed E-state index contributed by atoms with van der Waals surface area (Å²) >= 11 is 0.